The van der Waals surface area contributed by atoms with Gasteiger partial charge in [0, 0.05) is 5.92 Å². The molecule has 270 valence electrons. The van der Waals surface area contributed by atoms with Gasteiger partial charge in [-0.3, -0.25) is 4.18 Å². The van der Waals surface area contributed by atoms with Crippen LogP contribution in [0.15, 0.2) is 12.2 Å². The van der Waals surface area contributed by atoms with Crippen LogP contribution >= 0.6 is 0 Å². The second kappa shape index (κ2) is 40.0. The van der Waals surface area contributed by atoms with Crippen LogP contribution in [0.5, 0.6) is 0 Å². The molecule has 0 rings (SSSR count). The third kappa shape index (κ3) is 42.6. The summed E-state index contributed by atoms with van der Waals surface area (Å²) in [5, 5.41) is 0. The normalized spacial score (nSPS) is 12.6. The summed E-state index contributed by atoms with van der Waals surface area (Å²) in [6, 6.07) is 0. The Morgan fingerprint density at radius 2 is 0.761 bits per heavy atom. The Bertz CT molecular complexity index is 697. The SMILES string of the molecule is CCCCCCCCCCCCCCCCCC/C=C/C(CCCCCCCCCCCCCCCCCC)COS(=O)(=O)[O-].[Na+]. The third-order valence-electron chi connectivity index (χ3n) is 9.49. The fraction of sp³-hybridized carbons (Fsp3) is 0.950. The summed E-state index contributed by atoms with van der Waals surface area (Å²) in [5.74, 6) is 0.0152. The first-order valence-electron chi connectivity index (χ1n) is 20.3. The van der Waals surface area contributed by atoms with E-state index in [1.54, 1.807) is 0 Å². The third-order valence-corrected chi connectivity index (χ3v) is 9.91. The maximum Gasteiger partial charge on any atom is 1.00 e. The van der Waals surface area contributed by atoms with Gasteiger partial charge in [0.2, 0.25) is 10.4 Å². The summed E-state index contributed by atoms with van der Waals surface area (Å²) in [7, 11) is -4.63. The largest absolute Gasteiger partial charge is 1.00 e. The molecule has 0 heterocycles. The van der Waals surface area contributed by atoms with E-state index in [1.807, 2.05) is 0 Å². The molecule has 0 aliphatic heterocycles. The number of hydrogen-bond acceptors (Lipinski definition) is 4. The van der Waals surface area contributed by atoms with Crippen LogP contribution in [-0.4, -0.2) is 19.6 Å². The van der Waals surface area contributed by atoms with Crippen molar-refractivity contribution in [1.82, 2.24) is 0 Å². The van der Waals surface area contributed by atoms with E-state index in [9.17, 15) is 13.0 Å². The molecule has 4 nitrogen and oxygen atoms in total. The summed E-state index contributed by atoms with van der Waals surface area (Å²) in [6.45, 7) is 4.55. The average Bonchev–Trinajstić information content (AvgIpc) is 3.02. The molecule has 0 bridgehead atoms. The van der Waals surface area contributed by atoms with E-state index in [0.717, 1.165) is 19.3 Å². The van der Waals surface area contributed by atoms with E-state index in [4.69, 9.17) is 0 Å². The molecule has 0 saturated heterocycles. The number of rotatable bonds is 38. The van der Waals surface area contributed by atoms with Gasteiger partial charge in [-0.2, -0.15) is 0 Å². The molecule has 1 atom stereocenters. The molecular formula is C40H79NaO4S. The number of hydrogen-bond donors (Lipinski definition) is 0. The van der Waals surface area contributed by atoms with Crippen molar-refractivity contribution >= 4 is 10.4 Å². The van der Waals surface area contributed by atoms with Gasteiger partial charge in [-0.25, -0.2) is 8.42 Å². The molecule has 0 aliphatic carbocycles. The second-order valence-electron chi connectivity index (χ2n) is 14.1. The van der Waals surface area contributed by atoms with E-state index in [0.29, 0.717) is 0 Å². The summed E-state index contributed by atoms with van der Waals surface area (Å²) >= 11 is 0. The van der Waals surface area contributed by atoms with Crippen LogP contribution in [-0.2, 0) is 14.6 Å². The van der Waals surface area contributed by atoms with Gasteiger partial charge < -0.3 is 4.55 Å². The van der Waals surface area contributed by atoms with Crippen molar-refractivity contribution < 1.29 is 46.7 Å². The molecule has 0 aromatic carbocycles. The van der Waals surface area contributed by atoms with Crippen molar-refractivity contribution in [3.05, 3.63) is 12.2 Å². The monoisotopic (exact) mass is 679 g/mol. The molecule has 6 heteroatoms. The summed E-state index contributed by atoms with van der Waals surface area (Å²) in [6.07, 6.45) is 49.7. The molecule has 1 unspecified atom stereocenters. The molecule has 0 spiro atoms. The van der Waals surface area contributed by atoms with E-state index < -0.39 is 10.4 Å². The van der Waals surface area contributed by atoms with Gasteiger partial charge in [-0.05, 0) is 19.3 Å². The molecule has 0 N–H and O–H groups in total. The fourth-order valence-electron chi connectivity index (χ4n) is 6.46. The number of unbranched alkanes of at least 4 members (excludes halogenated alkanes) is 31. The maximum atomic E-state index is 11.0. The average molecular weight is 679 g/mol. The zero-order chi connectivity index (χ0) is 32.9. The first-order valence-corrected chi connectivity index (χ1v) is 21.6. The van der Waals surface area contributed by atoms with Crippen LogP contribution in [0.4, 0.5) is 0 Å². The van der Waals surface area contributed by atoms with Gasteiger partial charge in [0.1, 0.15) is 0 Å². The van der Waals surface area contributed by atoms with Crippen molar-refractivity contribution in [3.63, 3.8) is 0 Å². The smallest absolute Gasteiger partial charge is 0.726 e. The predicted molar refractivity (Wildman–Crippen MR) is 197 cm³/mol. The van der Waals surface area contributed by atoms with Crippen molar-refractivity contribution in [3.8, 4) is 0 Å². The summed E-state index contributed by atoms with van der Waals surface area (Å²) in [4.78, 5) is 0. The molecule has 0 radical (unpaired) electrons. The second-order valence-corrected chi connectivity index (χ2v) is 15.1. The van der Waals surface area contributed by atoms with Crippen LogP contribution in [0.3, 0.4) is 0 Å². The Balaban J connectivity index is 0. The van der Waals surface area contributed by atoms with Gasteiger partial charge in [0.25, 0.3) is 0 Å². The Morgan fingerprint density at radius 1 is 0.478 bits per heavy atom. The topological polar surface area (TPSA) is 66.4 Å². The first kappa shape index (κ1) is 48.7. The fourth-order valence-corrected chi connectivity index (χ4v) is 6.80. The predicted octanol–water partition coefficient (Wildman–Crippen LogP) is 10.9. The van der Waals surface area contributed by atoms with Crippen LogP contribution in [0, 0.1) is 5.92 Å². The quantitative estimate of drug-likeness (QED) is 0.0214. The van der Waals surface area contributed by atoms with Crippen molar-refractivity contribution in [2.75, 3.05) is 6.61 Å². The molecular weight excluding hydrogens is 599 g/mol. The Hall–Kier alpha value is 0.610. The minimum Gasteiger partial charge on any atom is -0.726 e. The van der Waals surface area contributed by atoms with E-state index in [-0.39, 0.29) is 42.1 Å². The maximum absolute atomic E-state index is 11.0. The van der Waals surface area contributed by atoms with Gasteiger partial charge in [0.15, 0.2) is 0 Å². The van der Waals surface area contributed by atoms with Crippen LogP contribution in [0.1, 0.15) is 232 Å². The number of allylic oxidation sites excluding steroid dienone is 1. The molecule has 0 aromatic heterocycles. The molecule has 0 aliphatic rings. The molecule has 46 heavy (non-hydrogen) atoms. The minimum atomic E-state index is -4.63. The van der Waals surface area contributed by atoms with Gasteiger partial charge >= 0.3 is 29.6 Å². The molecule has 0 aromatic rings. The Morgan fingerprint density at radius 3 is 1.07 bits per heavy atom. The molecule has 0 fully saturated rings. The van der Waals surface area contributed by atoms with E-state index in [1.165, 1.54) is 199 Å². The minimum absolute atomic E-state index is 0. The zero-order valence-electron chi connectivity index (χ0n) is 31.5. The standard InChI is InChI=1S/C40H80O4S.Na/c1-3-5-7-9-11-13-15-17-19-21-22-24-26-28-30-32-34-36-38-40(39-44-45(41,42)43)37-35-33-31-29-27-25-23-20-18-16-14-12-10-8-6-4-2;/h36,38,40H,3-35,37,39H2,1-2H3,(H,41,42,43);/q;+1/p-1/b38-36+;. The first-order chi connectivity index (χ1) is 22.0. The van der Waals surface area contributed by atoms with E-state index >= 15 is 0 Å². The van der Waals surface area contributed by atoms with Crippen molar-refractivity contribution in [1.29, 1.82) is 0 Å². The van der Waals surface area contributed by atoms with Crippen LogP contribution in [0.2, 0.25) is 0 Å². The molecule has 0 amide bonds. The van der Waals surface area contributed by atoms with Crippen molar-refractivity contribution in [2.24, 2.45) is 5.92 Å². The zero-order valence-corrected chi connectivity index (χ0v) is 34.3. The van der Waals surface area contributed by atoms with Crippen LogP contribution < -0.4 is 29.6 Å². The Kier molecular flexibility index (Phi) is 42.4. The Labute approximate surface area is 312 Å². The summed E-state index contributed by atoms with van der Waals surface area (Å²) < 4.78 is 37.6. The van der Waals surface area contributed by atoms with Crippen LogP contribution in [0.25, 0.3) is 0 Å². The van der Waals surface area contributed by atoms with Crippen molar-refractivity contribution in [2.45, 2.75) is 232 Å². The van der Waals surface area contributed by atoms with Gasteiger partial charge in [-0.15, -0.1) is 0 Å². The van der Waals surface area contributed by atoms with Gasteiger partial charge in [0.05, 0.1) is 6.61 Å². The summed E-state index contributed by atoms with van der Waals surface area (Å²) in [5.41, 5.74) is 0. The van der Waals surface area contributed by atoms with Gasteiger partial charge in [-0.1, -0.05) is 225 Å². The van der Waals surface area contributed by atoms with E-state index in [2.05, 4.69) is 30.2 Å². The molecule has 0 saturated carbocycles.